The maximum Gasteiger partial charge on any atom is 0.328 e. The van der Waals surface area contributed by atoms with E-state index in [1.165, 1.54) is 10.8 Å². The van der Waals surface area contributed by atoms with Crippen molar-refractivity contribution in [1.29, 1.82) is 0 Å². The summed E-state index contributed by atoms with van der Waals surface area (Å²) >= 11 is 7.25. The Hall–Kier alpha value is -1.40. The standard InChI is InChI=1S/C11H12ClN3O2S/c1-6(2)10-13-7(5-18-10)3-15-4-8(12)9(16)14-11(15)17/h4-6H,3H2,1-2H3,(H,14,16,17). The van der Waals surface area contributed by atoms with Crippen molar-refractivity contribution in [3.63, 3.8) is 0 Å². The van der Waals surface area contributed by atoms with Gasteiger partial charge in [0, 0.05) is 17.5 Å². The quantitative estimate of drug-likeness (QED) is 0.935. The molecule has 0 amide bonds. The molecule has 2 aromatic heterocycles. The number of halogens is 1. The van der Waals surface area contributed by atoms with E-state index in [1.807, 2.05) is 5.38 Å². The summed E-state index contributed by atoms with van der Waals surface area (Å²) in [4.78, 5) is 29.3. The summed E-state index contributed by atoms with van der Waals surface area (Å²) in [6.45, 7) is 4.43. The largest absolute Gasteiger partial charge is 0.328 e. The fraction of sp³-hybridized carbons (Fsp3) is 0.364. The second kappa shape index (κ2) is 5.07. The molecule has 0 saturated heterocycles. The number of hydrogen-bond donors (Lipinski definition) is 1. The molecule has 0 radical (unpaired) electrons. The molecule has 0 aliphatic carbocycles. The zero-order valence-electron chi connectivity index (χ0n) is 9.94. The predicted molar refractivity (Wildman–Crippen MR) is 71.6 cm³/mol. The minimum Gasteiger partial charge on any atom is -0.293 e. The SMILES string of the molecule is CC(C)c1nc(Cn2cc(Cl)c(=O)[nH]c2=O)cs1. The van der Waals surface area contributed by atoms with Crippen molar-refractivity contribution < 1.29 is 0 Å². The van der Waals surface area contributed by atoms with Crippen molar-refractivity contribution >= 4 is 22.9 Å². The van der Waals surface area contributed by atoms with Crippen LogP contribution in [0.3, 0.4) is 0 Å². The first-order chi connectivity index (χ1) is 8.47. The van der Waals surface area contributed by atoms with Crippen LogP contribution in [-0.4, -0.2) is 14.5 Å². The lowest BCUT2D eigenvalue weighted by Gasteiger charge is -2.02. The van der Waals surface area contributed by atoms with Gasteiger partial charge < -0.3 is 0 Å². The van der Waals surface area contributed by atoms with Gasteiger partial charge in [0.1, 0.15) is 5.02 Å². The van der Waals surface area contributed by atoms with E-state index < -0.39 is 11.2 Å². The Morgan fingerprint density at radius 1 is 1.50 bits per heavy atom. The zero-order chi connectivity index (χ0) is 13.3. The van der Waals surface area contributed by atoms with Crippen LogP contribution >= 0.6 is 22.9 Å². The molecule has 0 aromatic carbocycles. The van der Waals surface area contributed by atoms with E-state index in [-0.39, 0.29) is 5.02 Å². The van der Waals surface area contributed by atoms with Crippen molar-refractivity contribution in [3.8, 4) is 0 Å². The van der Waals surface area contributed by atoms with Gasteiger partial charge in [-0.2, -0.15) is 0 Å². The van der Waals surface area contributed by atoms with Gasteiger partial charge in [0.15, 0.2) is 0 Å². The smallest absolute Gasteiger partial charge is 0.293 e. The van der Waals surface area contributed by atoms with Gasteiger partial charge in [-0.15, -0.1) is 11.3 Å². The van der Waals surface area contributed by atoms with Crippen molar-refractivity contribution in [2.45, 2.75) is 26.3 Å². The Labute approximate surface area is 112 Å². The van der Waals surface area contributed by atoms with E-state index in [2.05, 4.69) is 23.8 Å². The molecular weight excluding hydrogens is 274 g/mol. The average Bonchev–Trinajstić information content (AvgIpc) is 2.74. The minimum atomic E-state index is -0.570. The van der Waals surface area contributed by atoms with Gasteiger partial charge in [-0.3, -0.25) is 14.3 Å². The average molecular weight is 286 g/mol. The molecule has 2 heterocycles. The summed E-state index contributed by atoms with van der Waals surface area (Å²) in [5.41, 5.74) is -0.267. The molecule has 0 spiro atoms. The van der Waals surface area contributed by atoms with Crippen molar-refractivity contribution in [1.82, 2.24) is 14.5 Å². The number of thiazole rings is 1. The molecule has 0 aliphatic rings. The number of rotatable bonds is 3. The van der Waals surface area contributed by atoms with Gasteiger partial charge in [-0.05, 0) is 0 Å². The Morgan fingerprint density at radius 2 is 2.22 bits per heavy atom. The normalized spacial score (nSPS) is 11.1. The second-order valence-corrected chi connectivity index (χ2v) is 5.49. The number of hydrogen-bond acceptors (Lipinski definition) is 4. The highest BCUT2D eigenvalue weighted by molar-refractivity contribution is 7.09. The monoisotopic (exact) mass is 285 g/mol. The Balaban J connectivity index is 2.31. The van der Waals surface area contributed by atoms with E-state index in [9.17, 15) is 9.59 Å². The molecule has 7 heteroatoms. The van der Waals surface area contributed by atoms with Gasteiger partial charge in [-0.25, -0.2) is 9.78 Å². The number of aromatic amines is 1. The van der Waals surface area contributed by atoms with Crippen LogP contribution in [0, 0.1) is 0 Å². The van der Waals surface area contributed by atoms with Crippen LogP contribution in [0.1, 0.15) is 30.5 Å². The molecular formula is C11H12ClN3O2S. The Morgan fingerprint density at radius 3 is 2.83 bits per heavy atom. The predicted octanol–water partition coefficient (Wildman–Crippen LogP) is 1.82. The van der Waals surface area contributed by atoms with Crippen LogP contribution in [0.15, 0.2) is 21.2 Å². The lowest BCUT2D eigenvalue weighted by Crippen LogP contribution is -2.30. The molecule has 0 aliphatic heterocycles. The topological polar surface area (TPSA) is 67.8 Å². The lowest BCUT2D eigenvalue weighted by atomic mass is 10.2. The molecule has 0 saturated carbocycles. The third kappa shape index (κ3) is 2.70. The van der Waals surface area contributed by atoms with Crippen molar-refractivity contribution in [2.75, 3.05) is 0 Å². The fourth-order valence-electron chi connectivity index (χ4n) is 1.44. The molecule has 5 nitrogen and oxygen atoms in total. The molecule has 0 unspecified atom stereocenters. The van der Waals surface area contributed by atoms with Crippen LogP contribution in [-0.2, 0) is 6.54 Å². The Bertz CT molecular complexity index is 671. The number of H-pyrrole nitrogens is 1. The van der Waals surface area contributed by atoms with E-state index in [4.69, 9.17) is 11.6 Å². The van der Waals surface area contributed by atoms with Crippen molar-refractivity contribution in [3.05, 3.63) is 48.1 Å². The van der Waals surface area contributed by atoms with Crippen LogP contribution < -0.4 is 11.2 Å². The highest BCUT2D eigenvalue weighted by Crippen LogP contribution is 2.19. The first-order valence-corrected chi connectivity index (χ1v) is 6.66. The molecule has 2 aromatic rings. The van der Waals surface area contributed by atoms with Gasteiger partial charge >= 0.3 is 5.69 Å². The van der Waals surface area contributed by atoms with Crippen LogP contribution in [0.5, 0.6) is 0 Å². The molecule has 0 atom stereocenters. The molecule has 96 valence electrons. The third-order valence-electron chi connectivity index (χ3n) is 2.36. The van der Waals surface area contributed by atoms with E-state index in [0.717, 1.165) is 10.7 Å². The van der Waals surface area contributed by atoms with E-state index in [0.29, 0.717) is 12.5 Å². The summed E-state index contributed by atoms with van der Waals surface area (Å²) in [7, 11) is 0. The highest BCUT2D eigenvalue weighted by atomic mass is 35.5. The number of nitrogens with zero attached hydrogens (tertiary/aromatic N) is 2. The maximum absolute atomic E-state index is 11.6. The van der Waals surface area contributed by atoms with E-state index in [1.54, 1.807) is 11.3 Å². The van der Waals surface area contributed by atoms with Gasteiger partial charge in [0.05, 0.1) is 17.2 Å². The maximum atomic E-state index is 11.6. The van der Waals surface area contributed by atoms with Crippen molar-refractivity contribution in [2.24, 2.45) is 0 Å². The summed E-state index contributed by atoms with van der Waals surface area (Å²) in [6, 6.07) is 0. The lowest BCUT2D eigenvalue weighted by molar-refractivity contribution is 0.703. The summed E-state index contributed by atoms with van der Waals surface area (Å²) in [5.74, 6) is 0.361. The van der Waals surface area contributed by atoms with Crippen LogP contribution in [0.25, 0.3) is 0 Å². The summed E-state index contributed by atoms with van der Waals surface area (Å²) < 4.78 is 1.34. The highest BCUT2D eigenvalue weighted by Gasteiger charge is 2.08. The number of aromatic nitrogens is 3. The van der Waals surface area contributed by atoms with Gasteiger partial charge in [0.25, 0.3) is 5.56 Å². The molecule has 0 bridgehead atoms. The first-order valence-electron chi connectivity index (χ1n) is 5.41. The molecule has 1 N–H and O–H groups in total. The van der Waals surface area contributed by atoms with Crippen LogP contribution in [0.4, 0.5) is 0 Å². The van der Waals surface area contributed by atoms with Crippen LogP contribution in [0.2, 0.25) is 5.02 Å². The first kappa shape index (κ1) is 13.0. The second-order valence-electron chi connectivity index (χ2n) is 4.20. The number of nitrogens with one attached hydrogen (secondary N) is 1. The third-order valence-corrected chi connectivity index (χ3v) is 3.83. The zero-order valence-corrected chi connectivity index (χ0v) is 11.5. The molecule has 18 heavy (non-hydrogen) atoms. The molecule has 0 fully saturated rings. The molecule has 2 rings (SSSR count). The fourth-order valence-corrected chi connectivity index (χ4v) is 2.43. The van der Waals surface area contributed by atoms with Gasteiger partial charge in [-0.1, -0.05) is 25.4 Å². The Kier molecular flexibility index (Phi) is 3.68. The van der Waals surface area contributed by atoms with Gasteiger partial charge in [0.2, 0.25) is 0 Å². The van der Waals surface area contributed by atoms with E-state index >= 15 is 0 Å². The minimum absolute atomic E-state index is 0.00564. The summed E-state index contributed by atoms with van der Waals surface area (Å²) in [5, 5.41) is 2.92. The summed E-state index contributed by atoms with van der Waals surface area (Å²) in [6.07, 6.45) is 1.33.